The predicted octanol–water partition coefficient (Wildman–Crippen LogP) is 0.656. The maximum Gasteiger partial charge on any atom is 0.365 e. The third-order valence-corrected chi connectivity index (χ3v) is 7.72. The first-order chi connectivity index (χ1) is 17.9. The number of oxime groups is 1. The lowest BCUT2D eigenvalue weighted by Crippen LogP contribution is -2.71. The quantitative estimate of drug-likeness (QED) is 0.118. The van der Waals surface area contributed by atoms with Crippen LogP contribution in [0.1, 0.15) is 60.1 Å². The molecule has 17 heteroatoms. The highest BCUT2D eigenvalue weighted by Crippen LogP contribution is 2.29. The molecule has 2 amide bonds. The van der Waals surface area contributed by atoms with Gasteiger partial charge in [0, 0.05) is 11.8 Å². The monoisotopic (exact) mass is 591 g/mol. The van der Waals surface area contributed by atoms with Crippen LogP contribution in [-0.2, 0) is 43.2 Å². The summed E-state index contributed by atoms with van der Waals surface area (Å²) in [6.45, 7) is 8.81. The second kappa shape index (κ2) is 12.3. The highest BCUT2D eigenvalue weighted by molar-refractivity contribution is 7.85. The van der Waals surface area contributed by atoms with Crippen molar-refractivity contribution in [1.82, 2.24) is 14.6 Å². The van der Waals surface area contributed by atoms with Crippen LogP contribution >= 0.6 is 11.3 Å². The third kappa shape index (κ3) is 8.09. The van der Waals surface area contributed by atoms with Crippen molar-refractivity contribution in [3.8, 4) is 0 Å². The first-order valence-electron chi connectivity index (χ1n) is 11.8. The summed E-state index contributed by atoms with van der Waals surface area (Å²) in [6, 6.07) is -2.28. The molecule has 0 bridgehead atoms. The molecule has 15 nitrogen and oxygen atoms in total. The Morgan fingerprint density at radius 3 is 2.44 bits per heavy atom. The highest BCUT2D eigenvalue weighted by Gasteiger charge is 2.53. The molecule has 0 aromatic carbocycles. The van der Waals surface area contributed by atoms with E-state index >= 15 is 0 Å². The molecule has 1 saturated heterocycles. The maximum absolute atomic E-state index is 13.0. The summed E-state index contributed by atoms with van der Waals surface area (Å²) in [6.07, 6.45) is 0.354. The van der Waals surface area contributed by atoms with Crippen LogP contribution in [0.25, 0.3) is 0 Å². The molecule has 1 aliphatic heterocycles. The van der Waals surface area contributed by atoms with Gasteiger partial charge in [0.2, 0.25) is 5.60 Å². The Morgan fingerprint density at radius 2 is 1.92 bits per heavy atom. The molecule has 39 heavy (non-hydrogen) atoms. The van der Waals surface area contributed by atoms with Crippen molar-refractivity contribution in [2.24, 2.45) is 10.6 Å². The molecule has 1 aromatic rings. The lowest BCUT2D eigenvalue weighted by Gasteiger charge is -2.43. The number of β-lactam (4-membered cyclic amide) rings is 1. The van der Waals surface area contributed by atoms with Crippen molar-refractivity contribution in [3.63, 3.8) is 0 Å². The fraction of sp³-hybridized carbons (Fsp3) is 0.636. The fourth-order valence-electron chi connectivity index (χ4n) is 3.14. The SMILES string of the molecule is CCOC(=O)CCC(C)(C)COS(=O)(=O)N1C(=O)[C@@H](NC(=O)/C(=N\OC(C)(C)C(=O)O)c2csc(N)n2)[C@@H]1C. The van der Waals surface area contributed by atoms with Crippen molar-refractivity contribution in [2.45, 2.75) is 72.1 Å². The fourth-order valence-corrected chi connectivity index (χ4v) is 5.13. The van der Waals surface area contributed by atoms with E-state index in [0.717, 1.165) is 11.3 Å². The molecule has 0 radical (unpaired) electrons. The average Bonchev–Trinajstić information content (AvgIpc) is 3.26. The van der Waals surface area contributed by atoms with Gasteiger partial charge < -0.3 is 25.7 Å². The van der Waals surface area contributed by atoms with Crippen LogP contribution in [0.5, 0.6) is 0 Å². The van der Waals surface area contributed by atoms with Crippen LogP contribution in [-0.4, -0.2) is 83.2 Å². The largest absolute Gasteiger partial charge is 0.478 e. The van der Waals surface area contributed by atoms with Gasteiger partial charge in [-0.25, -0.2) is 14.1 Å². The molecular formula is C22H33N5O10S2. The zero-order valence-electron chi connectivity index (χ0n) is 22.4. The van der Waals surface area contributed by atoms with Crippen molar-refractivity contribution < 1.29 is 46.5 Å². The van der Waals surface area contributed by atoms with Crippen LogP contribution < -0.4 is 11.1 Å². The van der Waals surface area contributed by atoms with Crippen LogP contribution in [0.15, 0.2) is 10.5 Å². The number of amides is 2. The zero-order valence-corrected chi connectivity index (χ0v) is 24.1. The van der Waals surface area contributed by atoms with Gasteiger partial charge in [0.15, 0.2) is 10.8 Å². The number of hydrogen-bond acceptors (Lipinski definition) is 13. The number of nitrogens with two attached hydrogens (primary N) is 1. The number of carboxylic acid groups (broad SMARTS) is 1. The molecule has 4 N–H and O–H groups in total. The summed E-state index contributed by atoms with van der Waals surface area (Å²) in [5.41, 5.74) is 2.61. The van der Waals surface area contributed by atoms with E-state index in [2.05, 4.69) is 15.5 Å². The summed E-state index contributed by atoms with van der Waals surface area (Å²) in [4.78, 5) is 57.6. The Morgan fingerprint density at radius 1 is 1.28 bits per heavy atom. The van der Waals surface area contributed by atoms with E-state index in [0.29, 0.717) is 4.31 Å². The molecule has 1 fully saturated rings. The molecule has 218 valence electrons. The summed E-state index contributed by atoms with van der Waals surface area (Å²) in [5, 5.41) is 16.7. The van der Waals surface area contributed by atoms with Crippen LogP contribution in [0, 0.1) is 5.41 Å². The Labute approximate surface area is 229 Å². The first-order valence-corrected chi connectivity index (χ1v) is 14.1. The smallest absolute Gasteiger partial charge is 0.365 e. The summed E-state index contributed by atoms with van der Waals surface area (Å²) in [7, 11) is -4.51. The van der Waals surface area contributed by atoms with Crippen LogP contribution in [0.4, 0.5) is 5.13 Å². The van der Waals surface area contributed by atoms with Gasteiger partial charge in [-0.05, 0) is 39.5 Å². The van der Waals surface area contributed by atoms with E-state index in [4.69, 9.17) is 19.5 Å². The number of esters is 1. The van der Waals surface area contributed by atoms with Crippen LogP contribution in [0.3, 0.4) is 0 Å². The second-order valence-electron chi connectivity index (χ2n) is 9.93. The van der Waals surface area contributed by atoms with E-state index in [1.54, 1.807) is 20.8 Å². The van der Waals surface area contributed by atoms with Gasteiger partial charge in [-0.2, -0.15) is 8.42 Å². The number of hydrogen-bond donors (Lipinski definition) is 3. The van der Waals surface area contributed by atoms with Crippen LogP contribution in [0.2, 0.25) is 0 Å². The number of rotatable bonds is 14. The van der Waals surface area contributed by atoms with Gasteiger partial charge in [0.1, 0.15) is 11.7 Å². The van der Waals surface area contributed by atoms with Gasteiger partial charge in [-0.15, -0.1) is 11.3 Å². The molecule has 1 aliphatic rings. The molecule has 2 heterocycles. The highest BCUT2D eigenvalue weighted by atomic mass is 32.2. The maximum atomic E-state index is 13.0. The van der Waals surface area contributed by atoms with Crippen molar-refractivity contribution in [1.29, 1.82) is 0 Å². The number of thiazole rings is 1. The predicted molar refractivity (Wildman–Crippen MR) is 139 cm³/mol. The van der Waals surface area contributed by atoms with Gasteiger partial charge in [-0.3, -0.25) is 18.6 Å². The molecular weight excluding hydrogens is 558 g/mol. The minimum absolute atomic E-state index is 0.0338. The Balaban J connectivity index is 2.09. The number of anilines is 1. The summed E-state index contributed by atoms with van der Waals surface area (Å²) in [5.74, 6) is -3.69. The number of aliphatic carboxylic acids is 1. The topological polar surface area (TPSA) is 217 Å². The van der Waals surface area contributed by atoms with E-state index < -0.39 is 62.9 Å². The van der Waals surface area contributed by atoms with E-state index in [1.165, 1.54) is 26.2 Å². The number of carbonyl (C=O) groups is 4. The number of nitrogens with one attached hydrogen (secondary N) is 1. The Kier molecular flexibility index (Phi) is 10.0. The Hall–Kier alpha value is -3.31. The first kappa shape index (κ1) is 31.9. The summed E-state index contributed by atoms with van der Waals surface area (Å²) >= 11 is 0.985. The standard InChI is InChI=1S/C22H33N5O10S2/c1-7-35-14(28)8-9-21(3,4)11-36-39(33,34)27-12(2)15(18(27)30)25-17(29)16(13-10-38-20(23)24-13)26-37-22(5,6)19(31)32/h10,12,15H,7-9,11H2,1-6H3,(H2,23,24)(H,25,29)(H,31,32)/b26-16-/t12-,15-/m0/s1. The minimum atomic E-state index is -4.51. The lowest BCUT2D eigenvalue weighted by molar-refractivity contribution is -0.161. The zero-order chi connectivity index (χ0) is 29.8. The van der Waals surface area contributed by atoms with E-state index in [1.807, 2.05) is 0 Å². The third-order valence-electron chi connectivity index (χ3n) is 5.63. The number of ether oxygens (including phenoxy) is 1. The number of aromatic nitrogens is 1. The van der Waals surface area contributed by atoms with Gasteiger partial charge >= 0.3 is 22.2 Å². The van der Waals surface area contributed by atoms with Crippen molar-refractivity contribution >= 4 is 56.2 Å². The van der Waals surface area contributed by atoms with Gasteiger partial charge in [0.25, 0.3) is 11.8 Å². The van der Waals surface area contributed by atoms with Gasteiger partial charge in [-0.1, -0.05) is 19.0 Å². The number of nitrogen functional groups attached to an aromatic ring is 1. The molecule has 2 rings (SSSR count). The van der Waals surface area contributed by atoms with Gasteiger partial charge in [0.05, 0.1) is 19.3 Å². The number of nitrogens with zero attached hydrogens (tertiary/aromatic N) is 3. The van der Waals surface area contributed by atoms with E-state index in [-0.39, 0.29) is 36.9 Å². The normalized spacial score (nSPS) is 18.4. The average molecular weight is 592 g/mol. The second-order valence-corrected chi connectivity index (χ2v) is 12.3. The molecule has 0 saturated carbocycles. The van der Waals surface area contributed by atoms with E-state index in [9.17, 15) is 32.7 Å². The minimum Gasteiger partial charge on any atom is -0.478 e. The Bertz CT molecular complexity index is 1240. The molecule has 0 unspecified atom stereocenters. The van der Waals surface area contributed by atoms with Crippen molar-refractivity contribution in [3.05, 3.63) is 11.1 Å². The number of carbonyl (C=O) groups excluding carboxylic acids is 3. The molecule has 0 spiro atoms. The molecule has 1 aromatic heterocycles. The molecule has 2 atom stereocenters. The number of carboxylic acids is 1. The lowest BCUT2D eigenvalue weighted by atomic mass is 9.89. The van der Waals surface area contributed by atoms with Crippen molar-refractivity contribution in [2.75, 3.05) is 18.9 Å². The molecule has 0 aliphatic carbocycles. The summed E-state index contributed by atoms with van der Waals surface area (Å²) < 4.78 is 36.0.